The van der Waals surface area contributed by atoms with Gasteiger partial charge in [-0.2, -0.15) is 0 Å². The van der Waals surface area contributed by atoms with Gasteiger partial charge in [-0.25, -0.2) is 4.39 Å². The van der Waals surface area contributed by atoms with Gasteiger partial charge in [-0.15, -0.1) is 0 Å². The molecular formula is C20H11BrFNO3. The molecule has 0 aliphatic carbocycles. The lowest BCUT2D eigenvalue weighted by Crippen LogP contribution is -2.12. The van der Waals surface area contributed by atoms with Crippen LogP contribution in [0, 0.1) is 5.82 Å². The monoisotopic (exact) mass is 411 g/mol. The number of benzene rings is 3. The number of anilines is 1. The van der Waals surface area contributed by atoms with Crippen molar-refractivity contribution >= 4 is 49.5 Å². The van der Waals surface area contributed by atoms with Crippen molar-refractivity contribution < 1.29 is 13.6 Å². The van der Waals surface area contributed by atoms with E-state index in [0.29, 0.717) is 16.6 Å². The molecule has 3 aromatic carbocycles. The molecule has 1 N–H and O–H groups in total. The van der Waals surface area contributed by atoms with Gasteiger partial charge in [0.25, 0.3) is 5.91 Å². The number of halogens is 2. The van der Waals surface area contributed by atoms with Crippen LogP contribution in [0.5, 0.6) is 0 Å². The highest BCUT2D eigenvalue weighted by molar-refractivity contribution is 9.10. The molecule has 128 valence electrons. The van der Waals surface area contributed by atoms with Gasteiger partial charge in [-0.1, -0.05) is 22.0 Å². The highest BCUT2D eigenvalue weighted by Crippen LogP contribution is 2.24. The van der Waals surface area contributed by atoms with Crippen LogP contribution in [-0.2, 0) is 0 Å². The Morgan fingerprint density at radius 1 is 1.00 bits per heavy atom. The van der Waals surface area contributed by atoms with Crippen LogP contribution in [0.1, 0.15) is 10.4 Å². The summed E-state index contributed by atoms with van der Waals surface area (Å²) in [6, 6.07) is 15.8. The zero-order chi connectivity index (χ0) is 18.3. The summed E-state index contributed by atoms with van der Waals surface area (Å²) >= 11 is 3.32. The molecule has 0 saturated carbocycles. The molecule has 0 atom stereocenters. The summed E-state index contributed by atoms with van der Waals surface area (Å²) in [5.41, 5.74) is 0.734. The average Bonchev–Trinajstić information content (AvgIpc) is 2.63. The zero-order valence-corrected chi connectivity index (χ0v) is 14.8. The van der Waals surface area contributed by atoms with Crippen LogP contribution in [0.2, 0.25) is 0 Å². The minimum Gasteiger partial charge on any atom is -0.453 e. The van der Waals surface area contributed by atoms with Crippen molar-refractivity contribution in [1.82, 2.24) is 0 Å². The van der Waals surface area contributed by atoms with Crippen molar-refractivity contribution in [2.24, 2.45) is 0 Å². The molecule has 4 nitrogen and oxygen atoms in total. The Kier molecular flexibility index (Phi) is 4.05. The lowest BCUT2D eigenvalue weighted by Gasteiger charge is -2.07. The van der Waals surface area contributed by atoms with Gasteiger partial charge in [0.05, 0.1) is 10.8 Å². The number of carbonyl (C=O) groups is 1. The maximum Gasteiger partial charge on any atom is 0.255 e. The molecule has 0 unspecified atom stereocenters. The number of amides is 1. The standard InChI is InChI=1S/C20H11BrFNO3/c21-12-6-4-11(5-7-12)20(25)23-13-8-9-14-17(10-13)26-19-15(18(14)24)2-1-3-16(19)22/h1-10H,(H,23,25). The summed E-state index contributed by atoms with van der Waals surface area (Å²) in [4.78, 5) is 24.8. The first kappa shape index (κ1) is 16.5. The molecule has 0 fully saturated rings. The van der Waals surface area contributed by atoms with Gasteiger partial charge in [0.1, 0.15) is 5.58 Å². The summed E-state index contributed by atoms with van der Waals surface area (Å²) in [7, 11) is 0. The van der Waals surface area contributed by atoms with E-state index in [2.05, 4.69) is 21.2 Å². The van der Waals surface area contributed by atoms with E-state index in [0.717, 1.165) is 4.47 Å². The quantitative estimate of drug-likeness (QED) is 0.466. The minimum absolute atomic E-state index is 0.0959. The van der Waals surface area contributed by atoms with Gasteiger partial charge in [0.15, 0.2) is 11.4 Å². The number of nitrogens with one attached hydrogen (secondary N) is 1. The predicted molar refractivity (Wildman–Crippen MR) is 102 cm³/mol. The van der Waals surface area contributed by atoms with Gasteiger partial charge in [0, 0.05) is 21.8 Å². The van der Waals surface area contributed by atoms with E-state index in [4.69, 9.17) is 4.42 Å². The first-order chi connectivity index (χ1) is 12.5. The summed E-state index contributed by atoms with van der Waals surface area (Å²) in [5, 5.41) is 3.25. The van der Waals surface area contributed by atoms with Crippen LogP contribution < -0.4 is 10.7 Å². The van der Waals surface area contributed by atoms with Crippen LogP contribution in [0.4, 0.5) is 10.1 Å². The van der Waals surface area contributed by atoms with Crippen LogP contribution in [-0.4, -0.2) is 5.91 Å². The Bertz CT molecular complexity index is 1220. The third-order valence-electron chi connectivity index (χ3n) is 4.01. The second-order valence-corrected chi connectivity index (χ2v) is 6.64. The van der Waals surface area contributed by atoms with Crippen LogP contribution in [0.3, 0.4) is 0 Å². The van der Waals surface area contributed by atoms with Crippen LogP contribution in [0.25, 0.3) is 21.9 Å². The molecule has 0 bridgehead atoms. The number of carbonyl (C=O) groups excluding carboxylic acids is 1. The third kappa shape index (κ3) is 2.88. The summed E-state index contributed by atoms with van der Waals surface area (Å²) in [6.45, 7) is 0. The Morgan fingerprint density at radius 3 is 2.54 bits per heavy atom. The molecule has 4 aromatic rings. The lowest BCUT2D eigenvalue weighted by atomic mass is 10.1. The molecule has 0 saturated heterocycles. The van der Waals surface area contributed by atoms with Gasteiger partial charge in [-0.05, 0) is 48.5 Å². The van der Waals surface area contributed by atoms with E-state index in [9.17, 15) is 14.0 Å². The molecule has 6 heteroatoms. The average molecular weight is 412 g/mol. The summed E-state index contributed by atoms with van der Waals surface area (Å²) in [5.74, 6) is -0.906. The molecule has 0 aliphatic rings. The van der Waals surface area contributed by atoms with Gasteiger partial charge in [-0.3, -0.25) is 9.59 Å². The van der Waals surface area contributed by atoms with Crippen molar-refractivity contribution in [2.45, 2.75) is 0 Å². The third-order valence-corrected chi connectivity index (χ3v) is 4.54. The fourth-order valence-electron chi connectivity index (χ4n) is 2.72. The fourth-order valence-corrected chi connectivity index (χ4v) is 2.99. The molecule has 0 spiro atoms. The van der Waals surface area contributed by atoms with E-state index in [1.165, 1.54) is 24.3 Å². The number of rotatable bonds is 2. The van der Waals surface area contributed by atoms with Crippen molar-refractivity contribution in [2.75, 3.05) is 5.32 Å². The lowest BCUT2D eigenvalue weighted by molar-refractivity contribution is 0.102. The van der Waals surface area contributed by atoms with Crippen molar-refractivity contribution in [3.05, 3.63) is 86.7 Å². The summed E-state index contributed by atoms with van der Waals surface area (Å²) in [6.07, 6.45) is 0. The molecule has 1 aromatic heterocycles. The zero-order valence-electron chi connectivity index (χ0n) is 13.3. The van der Waals surface area contributed by atoms with Crippen molar-refractivity contribution in [3.8, 4) is 0 Å². The second kappa shape index (κ2) is 6.38. The van der Waals surface area contributed by atoms with Crippen molar-refractivity contribution in [1.29, 1.82) is 0 Å². The van der Waals surface area contributed by atoms with Gasteiger partial charge < -0.3 is 9.73 Å². The molecule has 1 amide bonds. The topological polar surface area (TPSA) is 59.3 Å². The van der Waals surface area contributed by atoms with Gasteiger partial charge in [0.2, 0.25) is 5.43 Å². The highest BCUT2D eigenvalue weighted by Gasteiger charge is 2.12. The molecule has 26 heavy (non-hydrogen) atoms. The van der Waals surface area contributed by atoms with Gasteiger partial charge >= 0.3 is 0 Å². The number of hydrogen-bond acceptors (Lipinski definition) is 3. The Balaban J connectivity index is 1.76. The second-order valence-electron chi connectivity index (χ2n) is 5.72. The molecule has 1 heterocycles. The number of fused-ring (bicyclic) bond motifs is 2. The van der Waals surface area contributed by atoms with E-state index in [1.54, 1.807) is 36.4 Å². The SMILES string of the molecule is O=C(Nc1ccc2c(=O)c3cccc(F)c3oc2c1)c1ccc(Br)cc1. The first-order valence-electron chi connectivity index (χ1n) is 7.75. The first-order valence-corrected chi connectivity index (χ1v) is 8.54. The number of para-hydroxylation sites is 1. The molecular weight excluding hydrogens is 401 g/mol. The van der Waals surface area contributed by atoms with E-state index >= 15 is 0 Å². The fraction of sp³-hybridized carbons (Fsp3) is 0. The largest absolute Gasteiger partial charge is 0.453 e. The van der Waals surface area contributed by atoms with E-state index < -0.39 is 5.82 Å². The van der Waals surface area contributed by atoms with Crippen molar-refractivity contribution in [3.63, 3.8) is 0 Å². The Labute approximate surface area is 155 Å². The normalized spacial score (nSPS) is 11.0. The predicted octanol–water partition coefficient (Wildman–Crippen LogP) is 5.10. The Morgan fingerprint density at radius 2 is 1.77 bits per heavy atom. The molecule has 4 rings (SSSR count). The van der Waals surface area contributed by atoms with Crippen LogP contribution in [0.15, 0.2) is 74.3 Å². The maximum atomic E-state index is 14.0. The smallest absolute Gasteiger partial charge is 0.255 e. The number of hydrogen-bond donors (Lipinski definition) is 1. The minimum atomic E-state index is -0.606. The van der Waals surface area contributed by atoms with E-state index in [-0.39, 0.29) is 27.9 Å². The highest BCUT2D eigenvalue weighted by atomic mass is 79.9. The van der Waals surface area contributed by atoms with E-state index in [1.807, 2.05) is 0 Å². The molecule has 0 radical (unpaired) electrons. The Hall–Kier alpha value is -2.99. The van der Waals surface area contributed by atoms with Crippen LogP contribution >= 0.6 is 15.9 Å². The summed E-state index contributed by atoms with van der Waals surface area (Å²) < 4.78 is 20.4. The maximum absolute atomic E-state index is 14.0. The molecule has 0 aliphatic heterocycles.